The molecule has 1 aliphatic carbocycles. The van der Waals surface area contributed by atoms with Crippen molar-refractivity contribution in [2.24, 2.45) is 16.0 Å². The van der Waals surface area contributed by atoms with Gasteiger partial charge in [0.05, 0.1) is 4.90 Å². The Balaban J connectivity index is 0.00000320. The number of carbonyl (C=O) groups is 1. The summed E-state index contributed by atoms with van der Waals surface area (Å²) in [7, 11) is -1.97. The molecule has 2 aliphatic rings. The minimum atomic E-state index is -3.68. The van der Waals surface area contributed by atoms with Gasteiger partial charge in [0.15, 0.2) is 5.96 Å². The number of amides is 1. The number of carbonyl (C=O) groups excluding carboxylic acids is 1. The fraction of sp³-hybridized carbons (Fsp3) is 0.600. The Labute approximate surface area is 196 Å². The predicted molar refractivity (Wildman–Crippen MR) is 128 cm³/mol. The van der Waals surface area contributed by atoms with Crippen LogP contribution in [0, 0.1) is 5.92 Å². The highest BCUT2D eigenvalue weighted by molar-refractivity contribution is 14.0. The van der Waals surface area contributed by atoms with Gasteiger partial charge in [-0.05, 0) is 37.0 Å². The Hall–Kier alpha value is -1.40. The quantitative estimate of drug-likeness (QED) is 0.294. The van der Waals surface area contributed by atoms with Crippen molar-refractivity contribution < 1.29 is 13.2 Å². The lowest BCUT2D eigenvalue weighted by molar-refractivity contribution is -0.135. The molecule has 1 saturated carbocycles. The number of halogens is 1. The van der Waals surface area contributed by atoms with Gasteiger partial charge < -0.3 is 15.5 Å². The van der Waals surface area contributed by atoms with Gasteiger partial charge in [-0.1, -0.05) is 31.4 Å². The molecule has 1 atom stereocenters. The van der Waals surface area contributed by atoms with Crippen LogP contribution >= 0.6 is 24.0 Å². The van der Waals surface area contributed by atoms with Crippen molar-refractivity contribution in [3.05, 3.63) is 29.8 Å². The smallest absolute Gasteiger partial charge is 0.238 e. The van der Waals surface area contributed by atoms with Gasteiger partial charge in [0.25, 0.3) is 0 Å². The van der Waals surface area contributed by atoms with Crippen LogP contribution in [0.1, 0.15) is 44.1 Å². The molecule has 30 heavy (non-hydrogen) atoms. The Morgan fingerprint density at radius 2 is 1.83 bits per heavy atom. The summed E-state index contributed by atoms with van der Waals surface area (Å²) in [6, 6.07) is 6.61. The van der Waals surface area contributed by atoms with E-state index in [2.05, 4.69) is 15.6 Å². The minimum Gasteiger partial charge on any atom is -0.352 e. The largest absolute Gasteiger partial charge is 0.352 e. The molecule has 168 valence electrons. The average molecular weight is 549 g/mol. The highest BCUT2D eigenvalue weighted by atomic mass is 127. The summed E-state index contributed by atoms with van der Waals surface area (Å²) in [4.78, 5) is 19.1. The van der Waals surface area contributed by atoms with Crippen LogP contribution in [-0.2, 0) is 21.4 Å². The second-order valence-electron chi connectivity index (χ2n) is 7.86. The first-order valence-electron chi connectivity index (χ1n) is 10.2. The zero-order chi connectivity index (χ0) is 20.9. The number of hydrogen-bond acceptors (Lipinski definition) is 4. The Morgan fingerprint density at radius 3 is 2.43 bits per heavy atom. The summed E-state index contributed by atoms with van der Waals surface area (Å²) in [5.41, 5.74) is 0.917. The van der Waals surface area contributed by atoms with Crippen molar-refractivity contribution in [1.82, 2.24) is 15.5 Å². The van der Waals surface area contributed by atoms with Crippen molar-refractivity contribution in [3.8, 4) is 0 Å². The molecule has 8 nitrogen and oxygen atoms in total. The number of nitrogens with zero attached hydrogens (tertiary/aromatic N) is 2. The number of hydrogen-bond donors (Lipinski definition) is 3. The molecule has 1 aliphatic heterocycles. The Morgan fingerprint density at radius 1 is 1.17 bits per heavy atom. The molecular formula is C20H32IN5O3S. The minimum absolute atomic E-state index is 0. The van der Waals surface area contributed by atoms with E-state index in [4.69, 9.17) is 5.14 Å². The van der Waals surface area contributed by atoms with Crippen LogP contribution in [0.4, 0.5) is 0 Å². The van der Waals surface area contributed by atoms with Gasteiger partial charge in [-0.25, -0.2) is 13.6 Å². The van der Waals surface area contributed by atoms with E-state index in [0.29, 0.717) is 25.0 Å². The average Bonchev–Trinajstić information content (AvgIpc) is 3.19. The van der Waals surface area contributed by atoms with Crippen molar-refractivity contribution in [3.63, 3.8) is 0 Å². The number of primary sulfonamides is 1. The maximum Gasteiger partial charge on any atom is 0.238 e. The third kappa shape index (κ3) is 6.81. The second kappa shape index (κ2) is 11.3. The highest BCUT2D eigenvalue weighted by Gasteiger charge is 2.31. The molecule has 1 amide bonds. The third-order valence-electron chi connectivity index (χ3n) is 5.73. The van der Waals surface area contributed by atoms with E-state index in [9.17, 15) is 13.2 Å². The summed E-state index contributed by atoms with van der Waals surface area (Å²) in [6.45, 7) is 2.00. The molecule has 1 aromatic rings. The summed E-state index contributed by atoms with van der Waals surface area (Å²) in [6.07, 6.45) is 6.55. The number of benzene rings is 1. The topological polar surface area (TPSA) is 117 Å². The summed E-state index contributed by atoms with van der Waals surface area (Å²) >= 11 is 0. The van der Waals surface area contributed by atoms with Crippen molar-refractivity contribution >= 4 is 45.9 Å². The SMILES string of the molecule is CN=C(NCc1ccc(S(N)(=O)=O)cc1)NC1CCN(C(=O)C2CCCCC2)C1.I. The van der Waals surface area contributed by atoms with Gasteiger partial charge in [0, 0.05) is 38.6 Å². The molecule has 0 radical (unpaired) electrons. The van der Waals surface area contributed by atoms with Crippen LogP contribution < -0.4 is 15.8 Å². The number of nitrogens with two attached hydrogens (primary N) is 1. The molecule has 2 fully saturated rings. The molecule has 4 N–H and O–H groups in total. The number of rotatable bonds is 5. The molecule has 0 aromatic heterocycles. The zero-order valence-corrected chi connectivity index (χ0v) is 20.5. The second-order valence-corrected chi connectivity index (χ2v) is 9.43. The first-order chi connectivity index (χ1) is 13.9. The van der Waals surface area contributed by atoms with E-state index in [-0.39, 0.29) is 40.8 Å². The maximum atomic E-state index is 12.7. The molecule has 1 saturated heterocycles. The van der Waals surface area contributed by atoms with Crippen LogP contribution in [0.2, 0.25) is 0 Å². The van der Waals surface area contributed by atoms with Crippen molar-refractivity contribution in [2.45, 2.75) is 56.0 Å². The number of aliphatic imine (C=N–C) groups is 1. The first kappa shape index (κ1) is 24.9. The fourth-order valence-electron chi connectivity index (χ4n) is 4.06. The van der Waals surface area contributed by atoms with Crippen LogP contribution in [0.15, 0.2) is 34.2 Å². The zero-order valence-electron chi connectivity index (χ0n) is 17.3. The standard InChI is InChI=1S/C20H31N5O3S.HI/c1-22-20(23-13-15-7-9-18(10-8-15)29(21,27)28)24-17-11-12-25(14-17)19(26)16-5-3-2-4-6-16;/h7-10,16-17H,2-6,11-14H2,1H3,(H2,21,27,28)(H2,22,23,24);1H. The summed E-state index contributed by atoms with van der Waals surface area (Å²) in [5, 5.41) is 11.7. The van der Waals surface area contributed by atoms with Gasteiger partial charge in [-0.3, -0.25) is 9.79 Å². The van der Waals surface area contributed by atoms with Crippen LogP contribution in [0.3, 0.4) is 0 Å². The van der Waals surface area contributed by atoms with E-state index < -0.39 is 10.0 Å². The van der Waals surface area contributed by atoms with E-state index in [1.807, 2.05) is 4.90 Å². The van der Waals surface area contributed by atoms with Gasteiger partial charge in [-0.2, -0.15) is 0 Å². The summed E-state index contributed by atoms with van der Waals surface area (Å²) in [5.74, 6) is 1.18. The Kier molecular flexibility index (Phi) is 9.35. The van der Waals surface area contributed by atoms with E-state index >= 15 is 0 Å². The van der Waals surface area contributed by atoms with Gasteiger partial charge in [0.1, 0.15) is 0 Å². The molecule has 0 bridgehead atoms. The fourth-order valence-corrected chi connectivity index (χ4v) is 4.57. The molecule has 0 spiro atoms. The monoisotopic (exact) mass is 549 g/mol. The Bertz CT molecular complexity index is 839. The van der Waals surface area contributed by atoms with E-state index in [0.717, 1.165) is 31.4 Å². The summed E-state index contributed by atoms with van der Waals surface area (Å²) < 4.78 is 22.7. The number of likely N-dealkylation sites (tertiary alicyclic amines) is 1. The van der Waals surface area contributed by atoms with E-state index in [1.54, 1.807) is 19.2 Å². The lowest BCUT2D eigenvalue weighted by atomic mass is 9.88. The van der Waals surface area contributed by atoms with Crippen molar-refractivity contribution in [2.75, 3.05) is 20.1 Å². The third-order valence-corrected chi connectivity index (χ3v) is 6.66. The molecular weight excluding hydrogens is 517 g/mol. The van der Waals surface area contributed by atoms with Gasteiger partial charge in [-0.15, -0.1) is 24.0 Å². The number of nitrogens with one attached hydrogen (secondary N) is 2. The lowest BCUT2D eigenvalue weighted by Crippen LogP contribution is -2.45. The number of guanidine groups is 1. The highest BCUT2D eigenvalue weighted by Crippen LogP contribution is 2.26. The van der Waals surface area contributed by atoms with Crippen LogP contribution in [0.5, 0.6) is 0 Å². The molecule has 1 aromatic carbocycles. The van der Waals surface area contributed by atoms with Crippen molar-refractivity contribution in [1.29, 1.82) is 0 Å². The van der Waals surface area contributed by atoms with E-state index in [1.165, 1.54) is 31.4 Å². The molecule has 3 rings (SSSR count). The first-order valence-corrected chi connectivity index (χ1v) is 11.8. The van der Waals surface area contributed by atoms with Crippen LogP contribution in [-0.4, -0.2) is 51.4 Å². The lowest BCUT2D eigenvalue weighted by Gasteiger charge is -2.26. The molecule has 10 heteroatoms. The molecule has 1 unspecified atom stereocenters. The van der Waals surface area contributed by atoms with Gasteiger partial charge >= 0.3 is 0 Å². The molecule has 1 heterocycles. The van der Waals surface area contributed by atoms with Crippen LogP contribution in [0.25, 0.3) is 0 Å². The maximum absolute atomic E-state index is 12.7. The predicted octanol–water partition coefficient (Wildman–Crippen LogP) is 1.80. The van der Waals surface area contributed by atoms with Gasteiger partial charge in [0.2, 0.25) is 15.9 Å². The number of sulfonamides is 1. The normalized spacial score (nSPS) is 20.5.